The highest BCUT2D eigenvalue weighted by atomic mass is 16.5. The van der Waals surface area contributed by atoms with Gasteiger partial charge in [-0.1, -0.05) is 18.2 Å². The Morgan fingerprint density at radius 2 is 1.93 bits per heavy atom. The lowest BCUT2D eigenvalue weighted by molar-refractivity contribution is -0.138. The molecule has 0 radical (unpaired) electrons. The lowest BCUT2D eigenvalue weighted by Gasteiger charge is -2.30. The molecule has 1 amide bonds. The summed E-state index contributed by atoms with van der Waals surface area (Å²) in [5.74, 6) is -0.621. The van der Waals surface area contributed by atoms with Crippen LogP contribution in [0.1, 0.15) is 43.2 Å². The number of rotatable bonds is 8. The molecule has 144 valence electrons. The van der Waals surface area contributed by atoms with Crippen molar-refractivity contribution >= 4 is 11.9 Å². The second kappa shape index (κ2) is 8.53. The summed E-state index contributed by atoms with van der Waals surface area (Å²) in [5.41, 5.74) is -0.381. The summed E-state index contributed by atoms with van der Waals surface area (Å²) in [7, 11) is 1.52. The predicted molar refractivity (Wildman–Crippen MR) is 100 cm³/mol. The molecule has 0 saturated heterocycles. The normalized spacial score (nSPS) is 12.9. The number of amides is 1. The number of nitrogens with one attached hydrogen (secondary N) is 1. The lowest BCUT2D eigenvalue weighted by Crippen LogP contribution is -2.45. The van der Waals surface area contributed by atoms with Crippen molar-refractivity contribution < 1.29 is 24.2 Å². The summed E-state index contributed by atoms with van der Waals surface area (Å²) in [5, 5.41) is 12.1. The molecule has 0 fully saturated rings. The maximum absolute atomic E-state index is 12.8. The minimum Gasteiger partial charge on any atom is -0.497 e. The van der Waals surface area contributed by atoms with E-state index in [2.05, 4.69) is 10.3 Å². The van der Waals surface area contributed by atoms with Crippen molar-refractivity contribution in [3.63, 3.8) is 0 Å². The van der Waals surface area contributed by atoms with Gasteiger partial charge in [0.1, 0.15) is 11.4 Å². The van der Waals surface area contributed by atoms with Crippen LogP contribution in [0, 0.1) is 0 Å². The van der Waals surface area contributed by atoms with Gasteiger partial charge in [0.2, 0.25) is 5.88 Å². The smallest absolute Gasteiger partial charge is 0.306 e. The van der Waals surface area contributed by atoms with Gasteiger partial charge in [0.05, 0.1) is 25.2 Å². The van der Waals surface area contributed by atoms with Crippen molar-refractivity contribution in [3.05, 3.63) is 53.7 Å². The molecule has 1 heterocycles. The number of hydrogen-bond acceptors (Lipinski definition) is 5. The summed E-state index contributed by atoms with van der Waals surface area (Å²) >= 11 is 0. The Morgan fingerprint density at radius 1 is 1.22 bits per heavy atom. The van der Waals surface area contributed by atoms with Gasteiger partial charge >= 0.3 is 5.97 Å². The van der Waals surface area contributed by atoms with Crippen LogP contribution in [0.4, 0.5) is 0 Å². The summed E-state index contributed by atoms with van der Waals surface area (Å²) in [6.07, 6.45) is -0.376. The Balaban J connectivity index is 2.32. The summed E-state index contributed by atoms with van der Waals surface area (Å²) in [6, 6.07) is 11.8. The quantitative estimate of drug-likeness (QED) is 0.739. The topological polar surface area (TPSA) is 97.8 Å². The van der Waals surface area contributed by atoms with E-state index in [-0.39, 0.29) is 18.2 Å². The van der Waals surface area contributed by atoms with Crippen molar-refractivity contribution in [2.24, 2.45) is 0 Å². The summed E-state index contributed by atoms with van der Waals surface area (Å²) in [4.78, 5) is 28.4. The molecule has 0 aliphatic heterocycles. The number of carbonyl (C=O) groups is 2. The monoisotopic (exact) mass is 372 g/mol. The Morgan fingerprint density at radius 3 is 2.56 bits per heavy atom. The Labute approximate surface area is 158 Å². The molecular formula is C20H24N2O5. The van der Waals surface area contributed by atoms with Gasteiger partial charge in [-0.2, -0.15) is 0 Å². The molecule has 2 N–H and O–H groups in total. The van der Waals surface area contributed by atoms with E-state index in [0.717, 1.165) is 0 Å². The molecule has 1 unspecified atom stereocenters. The molecule has 0 aliphatic carbocycles. The van der Waals surface area contributed by atoms with Gasteiger partial charge in [-0.05, 0) is 44.5 Å². The number of aromatic nitrogens is 1. The van der Waals surface area contributed by atoms with Gasteiger partial charge in [-0.3, -0.25) is 9.59 Å². The number of ether oxygens (including phenoxy) is 2. The van der Waals surface area contributed by atoms with E-state index in [1.54, 1.807) is 49.4 Å². The molecule has 27 heavy (non-hydrogen) atoms. The van der Waals surface area contributed by atoms with E-state index in [1.807, 2.05) is 13.8 Å². The van der Waals surface area contributed by atoms with Crippen LogP contribution < -0.4 is 14.8 Å². The number of pyridine rings is 1. The third-order valence-electron chi connectivity index (χ3n) is 3.91. The first-order valence-corrected chi connectivity index (χ1v) is 8.56. The molecule has 2 aromatic rings. The average Bonchev–Trinajstić information content (AvgIpc) is 2.60. The molecule has 7 nitrogen and oxygen atoms in total. The van der Waals surface area contributed by atoms with Gasteiger partial charge < -0.3 is 19.9 Å². The highest BCUT2D eigenvalue weighted by molar-refractivity contribution is 5.93. The van der Waals surface area contributed by atoms with E-state index < -0.39 is 17.4 Å². The average molecular weight is 372 g/mol. The van der Waals surface area contributed by atoms with Gasteiger partial charge in [0.15, 0.2) is 0 Å². The minimum absolute atomic E-state index is 0.0788. The first-order chi connectivity index (χ1) is 12.7. The summed E-state index contributed by atoms with van der Waals surface area (Å²) in [6.45, 7) is 5.38. The van der Waals surface area contributed by atoms with E-state index in [0.29, 0.717) is 17.2 Å². The van der Waals surface area contributed by atoms with Crippen molar-refractivity contribution in [1.82, 2.24) is 10.3 Å². The fourth-order valence-electron chi connectivity index (χ4n) is 2.65. The third-order valence-corrected chi connectivity index (χ3v) is 3.91. The summed E-state index contributed by atoms with van der Waals surface area (Å²) < 4.78 is 10.7. The first kappa shape index (κ1) is 20.2. The number of carbonyl (C=O) groups excluding carboxylic acids is 1. The third kappa shape index (κ3) is 5.44. The van der Waals surface area contributed by atoms with Crippen LogP contribution in [0.5, 0.6) is 11.6 Å². The Bertz CT molecular complexity index is 822. The minimum atomic E-state index is -1.14. The number of carboxylic acids is 1. The molecule has 0 saturated carbocycles. The zero-order valence-electron chi connectivity index (χ0n) is 15.9. The highest BCUT2D eigenvalue weighted by Crippen LogP contribution is 2.28. The zero-order chi connectivity index (χ0) is 20.0. The van der Waals surface area contributed by atoms with E-state index in [9.17, 15) is 14.7 Å². The van der Waals surface area contributed by atoms with Crippen LogP contribution in [0.2, 0.25) is 0 Å². The molecular weight excluding hydrogens is 348 g/mol. The van der Waals surface area contributed by atoms with E-state index in [1.165, 1.54) is 7.11 Å². The van der Waals surface area contributed by atoms with Crippen molar-refractivity contribution in [3.8, 4) is 11.6 Å². The maximum atomic E-state index is 12.8. The van der Waals surface area contributed by atoms with Crippen molar-refractivity contribution in [2.75, 3.05) is 7.11 Å². The fraction of sp³-hybridized carbons (Fsp3) is 0.350. The molecule has 0 spiro atoms. The molecule has 1 atom stereocenters. The number of hydrogen-bond donors (Lipinski definition) is 2. The van der Waals surface area contributed by atoms with Crippen LogP contribution in [0.25, 0.3) is 0 Å². The second-order valence-corrected chi connectivity index (χ2v) is 6.62. The fourth-order valence-corrected chi connectivity index (χ4v) is 2.65. The first-order valence-electron chi connectivity index (χ1n) is 8.56. The zero-order valence-corrected chi connectivity index (χ0v) is 15.9. The van der Waals surface area contributed by atoms with Crippen LogP contribution >= 0.6 is 0 Å². The molecule has 0 bridgehead atoms. The second-order valence-electron chi connectivity index (χ2n) is 6.62. The number of nitrogens with zero attached hydrogens (tertiary/aromatic N) is 1. The molecule has 1 aromatic heterocycles. The van der Waals surface area contributed by atoms with Gasteiger partial charge in [-0.25, -0.2) is 4.98 Å². The SMILES string of the molecule is COc1cccc(C(C)(CC(=O)O)NC(=O)c2cccc(OC(C)C)n2)c1. The standard InChI is InChI=1S/C20H24N2O5/c1-13(2)27-17-10-6-9-16(21-17)19(25)22-20(3,12-18(23)24)14-7-5-8-15(11-14)26-4/h5-11,13H,12H2,1-4H3,(H,22,25)(H,23,24). The largest absolute Gasteiger partial charge is 0.497 e. The van der Waals surface area contributed by atoms with Gasteiger partial charge in [-0.15, -0.1) is 0 Å². The number of benzene rings is 1. The van der Waals surface area contributed by atoms with E-state index in [4.69, 9.17) is 9.47 Å². The highest BCUT2D eigenvalue weighted by Gasteiger charge is 2.32. The Hall–Kier alpha value is -3.09. The van der Waals surface area contributed by atoms with E-state index >= 15 is 0 Å². The van der Waals surface area contributed by atoms with Crippen LogP contribution in [-0.2, 0) is 10.3 Å². The van der Waals surface area contributed by atoms with Crippen molar-refractivity contribution in [2.45, 2.75) is 38.8 Å². The molecule has 1 aromatic carbocycles. The lowest BCUT2D eigenvalue weighted by atomic mass is 9.88. The van der Waals surface area contributed by atoms with Crippen LogP contribution in [-0.4, -0.2) is 35.2 Å². The molecule has 7 heteroatoms. The molecule has 0 aliphatic rings. The van der Waals surface area contributed by atoms with Crippen LogP contribution in [0.3, 0.4) is 0 Å². The van der Waals surface area contributed by atoms with Crippen LogP contribution in [0.15, 0.2) is 42.5 Å². The molecule has 2 rings (SSSR count). The number of aliphatic carboxylic acids is 1. The van der Waals surface area contributed by atoms with Gasteiger partial charge in [0.25, 0.3) is 5.91 Å². The number of methoxy groups -OCH3 is 1. The maximum Gasteiger partial charge on any atom is 0.306 e. The Kier molecular flexibility index (Phi) is 6.39. The predicted octanol–water partition coefficient (Wildman–Crippen LogP) is 3.00. The van der Waals surface area contributed by atoms with Crippen molar-refractivity contribution in [1.29, 1.82) is 0 Å². The number of carboxylic acid groups (broad SMARTS) is 1. The van der Waals surface area contributed by atoms with Gasteiger partial charge in [0, 0.05) is 6.07 Å².